The van der Waals surface area contributed by atoms with E-state index < -0.39 is 69.4 Å². The highest BCUT2D eigenvalue weighted by Gasteiger charge is 2.52. The van der Waals surface area contributed by atoms with Gasteiger partial charge in [0.1, 0.15) is 23.7 Å². The molecule has 306 valence electrons. The number of methoxy groups -OCH3 is 1. The fraction of sp³-hybridized carbons (Fsp3) is 0.769. The van der Waals surface area contributed by atoms with Crippen molar-refractivity contribution in [3.63, 3.8) is 0 Å². The van der Waals surface area contributed by atoms with Gasteiger partial charge in [-0.05, 0) is 80.1 Å². The van der Waals surface area contributed by atoms with Gasteiger partial charge in [-0.25, -0.2) is 8.42 Å². The van der Waals surface area contributed by atoms with E-state index in [4.69, 9.17) is 18.9 Å². The third-order valence-electron chi connectivity index (χ3n) is 11.6. The van der Waals surface area contributed by atoms with Crippen molar-refractivity contribution in [2.45, 2.75) is 115 Å². The highest BCUT2D eigenvalue weighted by Crippen LogP contribution is 2.38. The van der Waals surface area contributed by atoms with Gasteiger partial charge in [-0.3, -0.25) is 19.3 Å². The van der Waals surface area contributed by atoms with E-state index in [0.29, 0.717) is 24.9 Å². The molecule has 1 amide bonds. The first kappa shape index (κ1) is 44.2. The van der Waals surface area contributed by atoms with Gasteiger partial charge in [-0.1, -0.05) is 44.2 Å². The fourth-order valence-electron chi connectivity index (χ4n) is 8.45. The van der Waals surface area contributed by atoms with Gasteiger partial charge in [-0.15, -0.1) is 0 Å². The Kier molecular flexibility index (Phi) is 14.5. The van der Waals surface area contributed by atoms with E-state index in [0.717, 1.165) is 0 Å². The van der Waals surface area contributed by atoms with Gasteiger partial charge < -0.3 is 33.9 Å². The minimum Gasteiger partial charge on any atom is -0.460 e. The Labute approximate surface area is 322 Å². The lowest BCUT2D eigenvalue weighted by Gasteiger charge is -2.47. The van der Waals surface area contributed by atoms with Crippen LogP contribution in [0.5, 0.6) is 0 Å². The van der Waals surface area contributed by atoms with Crippen LogP contribution in [-0.2, 0) is 49.1 Å². The maximum absolute atomic E-state index is 14.4. The minimum absolute atomic E-state index is 0.120. The predicted molar refractivity (Wildman–Crippen MR) is 204 cm³/mol. The van der Waals surface area contributed by atoms with E-state index in [1.165, 1.54) is 18.2 Å². The molecule has 10 atom stereocenters. The summed E-state index contributed by atoms with van der Waals surface area (Å²) in [7, 11) is 3.52. The van der Waals surface area contributed by atoms with E-state index >= 15 is 0 Å². The summed E-state index contributed by atoms with van der Waals surface area (Å²) in [5.74, 6) is -2.65. The average Bonchev–Trinajstić information content (AvgIpc) is 3.10. The first-order chi connectivity index (χ1) is 25.1. The number of likely N-dealkylation sites (N-methyl/N-ethyl adjacent to an activating group) is 2. The van der Waals surface area contributed by atoms with Gasteiger partial charge in [0, 0.05) is 51.8 Å². The molecular formula is C39H64N4O10S. The van der Waals surface area contributed by atoms with Crippen LogP contribution >= 0.6 is 0 Å². The summed E-state index contributed by atoms with van der Waals surface area (Å²) in [5.41, 5.74) is -2.04. The molecule has 14 nitrogen and oxygen atoms in total. The molecule has 1 N–H and O–H groups in total. The van der Waals surface area contributed by atoms with Crippen molar-refractivity contribution in [2.24, 2.45) is 17.3 Å². The molecule has 15 heteroatoms. The van der Waals surface area contributed by atoms with Gasteiger partial charge in [0.2, 0.25) is 15.9 Å². The lowest BCUT2D eigenvalue weighted by molar-refractivity contribution is -0.295. The molecule has 3 aliphatic rings. The zero-order valence-electron chi connectivity index (χ0n) is 34.1. The van der Waals surface area contributed by atoms with Crippen LogP contribution in [-0.4, -0.2) is 160 Å². The Bertz CT molecular complexity index is 1550. The summed E-state index contributed by atoms with van der Waals surface area (Å²) in [5, 5.41) is 11.4. The van der Waals surface area contributed by atoms with Crippen LogP contribution < -0.4 is 0 Å². The summed E-state index contributed by atoms with van der Waals surface area (Å²) < 4.78 is 52.9. The predicted octanol–water partition coefficient (Wildman–Crippen LogP) is 2.38. The number of piperazine rings is 1. The number of aliphatic hydroxyl groups is 1. The van der Waals surface area contributed by atoms with Crippen molar-refractivity contribution in [1.82, 2.24) is 19.0 Å². The normalized spacial score (nSPS) is 35.5. The molecule has 4 rings (SSSR count). The van der Waals surface area contributed by atoms with Crippen molar-refractivity contribution in [1.29, 1.82) is 0 Å². The Hall–Kier alpha value is -2.50. The summed E-state index contributed by atoms with van der Waals surface area (Å²) in [6.45, 7) is 13.2. The number of cyclic esters (lactones) is 1. The van der Waals surface area contributed by atoms with Gasteiger partial charge in [-0.2, -0.15) is 4.31 Å². The first-order valence-electron chi connectivity index (χ1n) is 19.1. The minimum atomic E-state index is -3.60. The van der Waals surface area contributed by atoms with E-state index in [1.54, 1.807) is 57.2 Å². The van der Waals surface area contributed by atoms with Crippen LogP contribution in [0.2, 0.25) is 0 Å². The number of carbonyl (C=O) groups is 3. The highest BCUT2D eigenvalue weighted by molar-refractivity contribution is 7.88. The number of aliphatic hydroxyl groups excluding tert-OH is 1. The number of rotatable bonds is 8. The monoisotopic (exact) mass is 780 g/mol. The second-order valence-electron chi connectivity index (χ2n) is 16.7. The topological polar surface area (TPSA) is 155 Å². The number of sulfonamides is 1. The number of benzene rings is 1. The van der Waals surface area contributed by atoms with Gasteiger partial charge in [0.15, 0.2) is 12.1 Å². The molecule has 3 fully saturated rings. The number of ketones is 1. The number of carbonyl (C=O) groups excluding carboxylic acids is 3. The largest absolute Gasteiger partial charge is 0.460 e. The van der Waals surface area contributed by atoms with Crippen molar-refractivity contribution in [3.8, 4) is 0 Å². The van der Waals surface area contributed by atoms with Crippen LogP contribution in [0.15, 0.2) is 30.3 Å². The van der Waals surface area contributed by atoms with Crippen molar-refractivity contribution in [2.75, 3.05) is 61.0 Å². The number of amides is 1. The van der Waals surface area contributed by atoms with Crippen LogP contribution in [0, 0.1) is 17.3 Å². The third kappa shape index (κ3) is 9.89. The maximum Gasteiger partial charge on any atom is 0.319 e. The SMILES string of the molecule is CO[C@]1(C)C[C@@H](C)CN(C)[C@@H](C(=O)N2CCN(S(=O)(=O)Cc3ccccc3)CC2)[C@H](C)OC(=O)C(C)(C)C(=O)[C@H](C)[C@H]1O[C@@H]1O[C@H](C)C[C@H](N(C)C)[C@H]1O. The third-order valence-corrected chi connectivity index (χ3v) is 13.4. The average molecular weight is 781 g/mol. The first-order valence-corrected chi connectivity index (χ1v) is 20.7. The smallest absolute Gasteiger partial charge is 0.319 e. The summed E-state index contributed by atoms with van der Waals surface area (Å²) in [6, 6.07) is 7.83. The second-order valence-corrected chi connectivity index (χ2v) is 18.7. The number of nitrogens with zero attached hydrogens (tertiary/aromatic N) is 4. The van der Waals surface area contributed by atoms with Crippen LogP contribution in [0.4, 0.5) is 0 Å². The molecule has 0 saturated carbocycles. The molecular weight excluding hydrogens is 717 g/mol. The molecule has 0 unspecified atom stereocenters. The molecule has 3 aliphatic heterocycles. The molecule has 54 heavy (non-hydrogen) atoms. The zero-order valence-corrected chi connectivity index (χ0v) is 34.9. The van der Waals surface area contributed by atoms with Crippen LogP contribution in [0.1, 0.15) is 66.9 Å². The number of Topliss-reactive ketones (excluding diaryl/α,β-unsaturated/α-hetero) is 1. The van der Waals surface area contributed by atoms with Crippen molar-refractivity contribution in [3.05, 3.63) is 35.9 Å². The van der Waals surface area contributed by atoms with Crippen LogP contribution in [0.25, 0.3) is 0 Å². The Morgan fingerprint density at radius 3 is 2.20 bits per heavy atom. The van der Waals surface area contributed by atoms with E-state index in [1.807, 2.05) is 50.7 Å². The molecule has 3 saturated heterocycles. The lowest BCUT2D eigenvalue weighted by atomic mass is 9.74. The summed E-state index contributed by atoms with van der Waals surface area (Å²) in [4.78, 5) is 48.1. The standard InChI is InChI=1S/C39H64N4O10S/c1-25-22-39(7,50-11)34(53-36-32(44)30(40(8)9)21-26(2)51-36)27(3)33(45)38(5,6)37(47)52-28(4)31(41(10)23-25)35(46)42-17-19-43(20-18-42)54(48,49)24-29-15-13-12-14-16-29/h12-16,25-28,30-32,34,36,44H,17-24H2,1-11H3/t25-,26-,27+,28+,30+,31-,32-,34-,36+,39-/m1/s1. The molecule has 1 aromatic rings. The van der Waals surface area contributed by atoms with Crippen LogP contribution in [0.3, 0.4) is 0 Å². The van der Waals surface area contributed by atoms with Gasteiger partial charge in [0.25, 0.3) is 0 Å². The van der Waals surface area contributed by atoms with Gasteiger partial charge in [0.05, 0.1) is 23.6 Å². The molecule has 0 aliphatic carbocycles. The summed E-state index contributed by atoms with van der Waals surface area (Å²) >= 11 is 0. The Balaban J connectivity index is 1.60. The number of esters is 1. The Morgan fingerprint density at radius 1 is 1.02 bits per heavy atom. The molecule has 0 bridgehead atoms. The van der Waals surface area contributed by atoms with E-state index in [9.17, 15) is 27.9 Å². The molecule has 3 heterocycles. The molecule has 0 radical (unpaired) electrons. The van der Waals surface area contributed by atoms with Gasteiger partial charge >= 0.3 is 5.97 Å². The molecule has 1 aromatic carbocycles. The molecule has 0 spiro atoms. The van der Waals surface area contributed by atoms with Crippen molar-refractivity contribution >= 4 is 27.7 Å². The Morgan fingerprint density at radius 2 is 1.63 bits per heavy atom. The van der Waals surface area contributed by atoms with Crippen molar-refractivity contribution < 1.29 is 46.9 Å². The van der Waals surface area contributed by atoms with E-state index in [2.05, 4.69) is 0 Å². The maximum atomic E-state index is 14.4. The fourth-order valence-corrected chi connectivity index (χ4v) is 9.97. The number of hydrogen-bond donors (Lipinski definition) is 1. The lowest BCUT2D eigenvalue weighted by Crippen LogP contribution is -2.59. The number of hydrogen-bond acceptors (Lipinski definition) is 12. The van der Waals surface area contributed by atoms with E-state index in [-0.39, 0.29) is 55.9 Å². The number of ether oxygens (including phenoxy) is 4. The zero-order chi connectivity index (χ0) is 40.3. The highest BCUT2D eigenvalue weighted by atomic mass is 32.2. The summed E-state index contributed by atoms with van der Waals surface area (Å²) in [6.07, 6.45) is -3.18. The molecule has 0 aromatic heterocycles. The quantitative estimate of drug-likeness (QED) is 0.304. The second kappa shape index (κ2) is 17.7.